The second kappa shape index (κ2) is 7.51. The summed E-state index contributed by atoms with van der Waals surface area (Å²) in [6.07, 6.45) is 1.68. The first-order valence-electron chi connectivity index (χ1n) is 8.86. The Bertz CT molecular complexity index is 1190. The largest absolute Gasteiger partial charge is 0.447 e. The highest BCUT2D eigenvalue weighted by molar-refractivity contribution is 5.87. The van der Waals surface area contributed by atoms with Crippen molar-refractivity contribution in [3.8, 4) is 0 Å². The molecule has 0 fully saturated rings. The lowest BCUT2D eigenvalue weighted by molar-refractivity contribution is 0.304. The van der Waals surface area contributed by atoms with Crippen LogP contribution < -0.4 is 4.90 Å². The van der Waals surface area contributed by atoms with E-state index in [4.69, 9.17) is 16.1 Å². The molecule has 1 N–H and O–H groups in total. The highest BCUT2D eigenvalue weighted by Gasteiger charge is 2.11. The van der Waals surface area contributed by atoms with E-state index in [1.807, 2.05) is 66.5 Å². The quantitative estimate of drug-likeness (QED) is 0.533. The van der Waals surface area contributed by atoms with Gasteiger partial charge < -0.3 is 14.4 Å². The minimum absolute atomic E-state index is 0.103. The van der Waals surface area contributed by atoms with E-state index in [0.717, 1.165) is 22.1 Å². The zero-order chi connectivity index (χ0) is 19.5. The van der Waals surface area contributed by atoms with Crippen LogP contribution in [0.4, 0.5) is 5.69 Å². The van der Waals surface area contributed by atoms with Crippen LogP contribution in [0.1, 0.15) is 11.6 Å². The van der Waals surface area contributed by atoms with Crippen molar-refractivity contribution in [2.45, 2.75) is 0 Å². The van der Waals surface area contributed by atoms with Gasteiger partial charge in [-0.1, -0.05) is 18.2 Å². The van der Waals surface area contributed by atoms with E-state index in [-0.39, 0.29) is 6.61 Å². The molecule has 0 spiro atoms. The molecule has 2 heterocycles. The molecular formula is C22H18N4O2. The van der Waals surface area contributed by atoms with E-state index in [0.29, 0.717) is 29.4 Å². The fourth-order valence-corrected chi connectivity index (χ4v) is 2.99. The van der Waals surface area contributed by atoms with Gasteiger partial charge in [0.05, 0.1) is 24.4 Å². The minimum atomic E-state index is 0.103. The van der Waals surface area contributed by atoms with E-state index in [2.05, 4.69) is 14.8 Å². The zero-order valence-electron chi connectivity index (χ0n) is 15.3. The highest BCUT2D eigenvalue weighted by atomic mass is 16.3. The number of nitrogens with zero attached hydrogens (tertiary/aromatic N) is 4. The molecular weight excluding hydrogens is 352 g/mol. The molecule has 0 aliphatic rings. The zero-order valence-corrected chi connectivity index (χ0v) is 15.3. The summed E-state index contributed by atoms with van der Waals surface area (Å²) in [5, 5.41) is 10.1. The second-order valence-electron chi connectivity index (χ2n) is 6.39. The Kier molecular flexibility index (Phi) is 4.75. The molecule has 0 radical (unpaired) electrons. The first-order valence-corrected chi connectivity index (χ1v) is 8.86. The van der Waals surface area contributed by atoms with Gasteiger partial charge in [-0.15, -0.1) is 0 Å². The van der Waals surface area contributed by atoms with Gasteiger partial charge in [0.1, 0.15) is 5.52 Å². The van der Waals surface area contributed by atoms with Crippen LogP contribution in [0.25, 0.3) is 38.6 Å². The van der Waals surface area contributed by atoms with Gasteiger partial charge in [-0.2, -0.15) is 0 Å². The summed E-state index contributed by atoms with van der Waals surface area (Å²) in [6, 6.07) is 17.2. The van der Waals surface area contributed by atoms with Gasteiger partial charge in [-0.3, -0.25) is 0 Å². The lowest BCUT2D eigenvalue weighted by Crippen LogP contribution is -2.20. The molecule has 0 unspecified atom stereocenters. The van der Waals surface area contributed by atoms with Crippen LogP contribution in [0.15, 0.2) is 59.0 Å². The number of fused-ring (bicyclic) bond motifs is 2. The van der Waals surface area contributed by atoms with Gasteiger partial charge >= 0.3 is 0 Å². The Morgan fingerprint density at radius 2 is 2.00 bits per heavy atom. The molecule has 0 aliphatic carbocycles. The summed E-state index contributed by atoms with van der Waals surface area (Å²) in [5.74, 6) is 0.291. The van der Waals surface area contributed by atoms with Crippen LogP contribution in [0.3, 0.4) is 0 Å². The molecule has 0 atom stereocenters. The number of rotatable bonds is 5. The fourth-order valence-electron chi connectivity index (χ4n) is 2.99. The molecule has 0 aliphatic heterocycles. The fraction of sp³-hybridized carbons (Fsp3) is 0.136. The topological polar surface area (TPSA) is 66.8 Å². The van der Waals surface area contributed by atoms with Crippen molar-refractivity contribution in [3.63, 3.8) is 0 Å². The van der Waals surface area contributed by atoms with Crippen LogP contribution in [0, 0.1) is 6.57 Å². The first-order chi connectivity index (χ1) is 13.7. The molecule has 28 heavy (non-hydrogen) atoms. The summed E-state index contributed by atoms with van der Waals surface area (Å²) in [6.45, 7) is 8.17. The number of aliphatic hydroxyl groups excluding tert-OH is 1. The van der Waals surface area contributed by atoms with Crippen molar-refractivity contribution in [3.05, 3.63) is 77.6 Å². The van der Waals surface area contributed by atoms with Gasteiger partial charge in [0.25, 0.3) is 0 Å². The second-order valence-corrected chi connectivity index (χ2v) is 6.39. The van der Waals surface area contributed by atoms with Gasteiger partial charge in [0.15, 0.2) is 5.58 Å². The molecule has 138 valence electrons. The van der Waals surface area contributed by atoms with Gasteiger partial charge in [-0.05, 0) is 42.5 Å². The molecule has 6 heteroatoms. The predicted molar refractivity (Wildman–Crippen MR) is 111 cm³/mol. The van der Waals surface area contributed by atoms with Crippen molar-refractivity contribution in [1.29, 1.82) is 0 Å². The summed E-state index contributed by atoms with van der Waals surface area (Å²) < 4.78 is 5.70. The van der Waals surface area contributed by atoms with Gasteiger partial charge in [0, 0.05) is 24.7 Å². The lowest BCUT2D eigenvalue weighted by atomic mass is 10.1. The van der Waals surface area contributed by atoms with Crippen LogP contribution in [0.5, 0.6) is 0 Å². The maximum Gasteiger partial charge on any atom is 0.249 e. The van der Waals surface area contributed by atoms with Crippen LogP contribution in [-0.4, -0.2) is 35.3 Å². The van der Waals surface area contributed by atoms with Crippen molar-refractivity contribution in [1.82, 2.24) is 9.97 Å². The van der Waals surface area contributed by atoms with Crippen molar-refractivity contribution in [2.24, 2.45) is 0 Å². The van der Waals surface area contributed by atoms with E-state index < -0.39 is 0 Å². The van der Waals surface area contributed by atoms with Crippen LogP contribution >= 0.6 is 0 Å². The van der Waals surface area contributed by atoms with Crippen LogP contribution in [-0.2, 0) is 0 Å². The summed E-state index contributed by atoms with van der Waals surface area (Å²) in [5.41, 5.74) is 4.19. The number of likely N-dealkylation sites (N-methyl/N-ethyl adjacent to an activating group) is 1. The van der Waals surface area contributed by atoms with Gasteiger partial charge in [-0.25, -0.2) is 14.8 Å². The smallest absolute Gasteiger partial charge is 0.249 e. The molecule has 4 rings (SSSR count). The van der Waals surface area contributed by atoms with Crippen molar-refractivity contribution in [2.75, 3.05) is 25.1 Å². The van der Waals surface area contributed by atoms with Gasteiger partial charge in [0.2, 0.25) is 11.6 Å². The number of pyridine rings is 1. The Balaban J connectivity index is 1.69. The molecule has 2 aromatic carbocycles. The monoisotopic (exact) mass is 370 g/mol. The number of aliphatic hydroxyl groups is 1. The number of para-hydroxylation sites is 2. The van der Waals surface area contributed by atoms with E-state index in [1.165, 1.54) is 0 Å². The lowest BCUT2D eigenvalue weighted by Gasteiger charge is -2.18. The van der Waals surface area contributed by atoms with Crippen molar-refractivity contribution >= 4 is 39.5 Å². The molecule has 0 saturated carbocycles. The average molecular weight is 370 g/mol. The SMILES string of the molecule is [C-]#[N+]/C(=C\c1ccc2cc(N(C)CCO)ccc2n1)c1nc2ccccc2o1. The number of oxazole rings is 1. The molecule has 0 saturated heterocycles. The summed E-state index contributed by atoms with van der Waals surface area (Å²) in [7, 11) is 1.93. The summed E-state index contributed by atoms with van der Waals surface area (Å²) in [4.78, 5) is 14.6. The highest BCUT2D eigenvalue weighted by Crippen LogP contribution is 2.25. The summed E-state index contributed by atoms with van der Waals surface area (Å²) >= 11 is 0. The molecule has 0 amide bonds. The third-order valence-electron chi connectivity index (χ3n) is 4.49. The Hall–Kier alpha value is -3.69. The Labute approximate surface area is 162 Å². The van der Waals surface area contributed by atoms with E-state index in [9.17, 15) is 0 Å². The van der Waals surface area contributed by atoms with Crippen molar-refractivity contribution < 1.29 is 9.52 Å². The Morgan fingerprint density at radius 3 is 2.79 bits per heavy atom. The number of hydrogen-bond acceptors (Lipinski definition) is 5. The third kappa shape index (κ3) is 3.43. The molecule has 6 nitrogen and oxygen atoms in total. The number of anilines is 1. The standard InChI is InChI=1S/C22H18N4O2/c1-23-20(22-25-19-5-3-4-6-21(19)28-22)14-16-8-7-15-13-17(26(2)11-12-27)9-10-18(15)24-16/h3-10,13-14,27H,11-12H2,2H3/b20-14-. The Morgan fingerprint density at radius 1 is 1.14 bits per heavy atom. The number of benzene rings is 2. The predicted octanol–water partition coefficient (Wildman–Crippen LogP) is 4.22. The third-order valence-corrected chi connectivity index (χ3v) is 4.49. The number of aromatic nitrogens is 2. The normalized spacial score (nSPS) is 11.7. The molecule has 2 aromatic heterocycles. The maximum absolute atomic E-state index is 9.10. The molecule has 4 aromatic rings. The van der Waals surface area contributed by atoms with E-state index in [1.54, 1.807) is 6.08 Å². The first kappa shape index (κ1) is 17.7. The number of hydrogen-bond donors (Lipinski definition) is 1. The van der Waals surface area contributed by atoms with Crippen LogP contribution in [0.2, 0.25) is 0 Å². The average Bonchev–Trinajstić information content (AvgIpc) is 3.15. The molecule has 0 bridgehead atoms. The van der Waals surface area contributed by atoms with E-state index >= 15 is 0 Å². The minimum Gasteiger partial charge on any atom is -0.447 e. The maximum atomic E-state index is 9.10.